The molecule has 2 heterocycles. The largest absolute Gasteiger partial charge is 0.355 e. The number of nitrogens with zero attached hydrogens (tertiary/aromatic N) is 5. The van der Waals surface area contributed by atoms with E-state index in [1.165, 1.54) is 25.7 Å². The first-order valence-corrected chi connectivity index (χ1v) is 9.60. The molecule has 3 rings (SSSR count). The van der Waals surface area contributed by atoms with Gasteiger partial charge >= 0.3 is 0 Å². The number of piperazine rings is 1. The van der Waals surface area contributed by atoms with Crippen molar-refractivity contribution in [3.8, 4) is 0 Å². The van der Waals surface area contributed by atoms with Crippen LogP contribution in [0.25, 0.3) is 0 Å². The van der Waals surface area contributed by atoms with E-state index in [0.717, 1.165) is 57.1 Å². The highest BCUT2D eigenvalue weighted by atomic mass is 127. The Hall–Kier alpha value is -1.09. The van der Waals surface area contributed by atoms with Crippen molar-refractivity contribution in [3.63, 3.8) is 0 Å². The number of hydrogen-bond donors (Lipinski definition) is 1. The van der Waals surface area contributed by atoms with Gasteiger partial charge in [-0.3, -0.25) is 4.99 Å². The van der Waals surface area contributed by atoms with Crippen molar-refractivity contribution < 1.29 is 0 Å². The summed E-state index contributed by atoms with van der Waals surface area (Å²) < 4.78 is 0. The molecule has 1 saturated carbocycles. The van der Waals surface area contributed by atoms with E-state index in [-0.39, 0.29) is 24.0 Å². The highest BCUT2D eigenvalue weighted by Gasteiger charge is 2.21. The first-order valence-electron chi connectivity index (χ1n) is 9.60. The van der Waals surface area contributed by atoms with Gasteiger partial charge in [0.25, 0.3) is 0 Å². The lowest BCUT2D eigenvalue weighted by Gasteiger charge is -2.37. The quantitative estimate of drug-likeness (QED) is 0.405. The van der Waals surface area contributed by atoms with Gasteiger partial charge in [0, 0.05) is 58.6 Å². The third-order valence-corrected chi connectivity index (χ3v) is 5.46. The van der Waals surface area contributed by atoms with Gasteiger partial charge in [-0.1, -0.05) is 18.9 Å². The Kier molecular flexibility index (Phi) is 8.90. The van der Waals surface area contributed by atoms with Crippen LogP contribution in [0.2, 0.25) is 0 Å². The van der Waals surface area contributed by atoms with Gasteiger partial charge in [0.2, 0.25) is 0 Å². The van der Waals surface area contributed by atoms with E-state index in [0.29, 0.717) is 0 Å². The average molecular weight is 472 g/mol. The molecule has 2 fully saturated rings. The number of hydrogen-bond acceptors (Lipinski definition) is 4. The van der Waals surface area contributed by atoms with E-state index in [4.69, 9.17) is 0 Å². The molecule has 26 heavy (non-hydrogen) atoms. The van der Waals surface area contributed by atoms with Crippen LogP contribution in [-0.4, -0.2) is 80.1 Å². The van der Waals surface area contributed by atoms with Crippen molar-refractivity contribution in [2.24, 2.45) is 4.99 Å². The molecule has 1 saturated heterocycles. The fourth-order valence-electron chi connectivity index (χ4n) is 3.89. The Morgan fingerprint density at radius 3 is 2.58 bits per heavy atom. The molecule has 0 radical (unpaired) electrons. The first-order chi connectivity index (χ1) is 12.3. The van der Waals surface area contributed by atoms with Gasteiger partial charge in [0.05, 0.1) is 0 Å². The number of nitrogens with one attached hydrogen (secondary N) is 1. The number of rotatable bonds is 5. The Morgan fingerprint density at radius 1 is 1.23 bits per heavy atom. The molecule has 0 amide bonds. The van der Waals surface area contributed by atoms with Crippen LogP contribution in [0, 0.1) is 0 Å². The Labute approximate surface area is 175 Å². The van der Waals surface area contributed by atoms with E-state index in [1.807, 2.05) is 19.3 Å². The third-order valence-electron chi connectivity index (χ3n) is 5.46. The average Bonchev–Trinajstić information content (AvgIpc) is 3.21. The lowest BCUT2D eigenvalue weighted by atomic mass is 10.2. The number of anilines is 1. The fraction of sp³-hybridized carbons (Fsp3) is 0.684. The third kappa shape index (κ3) is 5.70. The predicted octanol–water partition coefficient (Wildman–Crippen LogP) is 2.27. The fourth-order valence-corrected chi connectivity index (χ4v) is 3.89. The molecular weight excluding hydrogens is 439 g/mol. The Morgan fingerprint density at radius 2 is 1.96 bits per heavy atom. The highest BCUT2D eigenvalue weighted by Crippen LogP contribution is 2.21. The van der Waals surface area contributed by atoms with E-state index in [2.05, 4.69) is 49.2 Å². The first kappa shape index (κ1) is 21.2. The normalized spacial score (nSPS) is 19.0. The lowest BCUT2D eigenvalue weighted by Crippen LogP contribution is -2.53. The standard InChI is InChI=1S/C19H32N6.HI/c1-20-19(22-11-12-23(2)17-7-3-4-8-17)25-15-13-24(14-16-25)18-9-5-6-10-21-18;/h5-6,9-10,17H,3-4,7-8,11-16H2,1-2H3,(H,20,22);1H. The molecule has 1 N–H and O–H groups in total. The van der Waals surface area contributed by atoms with Gasteiger partial charge in [0.15, 0.2) is 5.96 Å². The summed E-state index contributed by atoms with van der Waals surface area (Å²) >= 11 is 0. The molecule has 0 spiro atoms. The summed E-state index contributed by atoms with van der Waals surface area (Å²) in [6.07, 6.45) is 7.37. The molecular formula is C19H33IN6. The molecule has 0 aromatic carbocycles. The second kappa shape index (κ2) is 10.9. The smallest absolute Gasteiger partial charge is 0.193 e. The minimum atomic E-state index is 0. The van der Waals surface area contributed by atoms with Gasteiger partial charge in [0.1, 0.15) is 5.82 Å². The van der Waals surface area contributed by atoms with E-state index in [9.17, 15) is 0 Å². The van der Waals surface area contributed by atoms with E-state index >= 15 is 0 Å². The van der Waals surface area contributed by atoms with Crippen LogP contribution < -0.4 is 10.2 Å². The number of aromatic nitrogens is 1. The summed E-state index contributed by atoms with van der Waals surface area (Å²) in [5.74, 6) is 2.10. The molecule has 1 aliphatic heterocycles. The Balaban J connectivity index is 0.00000243. The maximum atomic E-state index is 4.48. The summed E-state index contributed by atoms with van der Waals surface area (Å²) in [5, 5.41) is 3.55. The van der Waals surface area contributed by atoms with Crippen molar-refractivity contribution in [2.75, 3.05) is 58.3 Å². The number of guanidine groups is 1. The van der Waals surface area contributed by atoms with Gasteiger partial charge in [-0.25, -0.2) is 4.98 Å². The summed E-state index contributed by atoms with van der Waals surface area (Å²) in [5.41, 5.74) is 0. The molecule has 6 nitrogen and oxygen atoms in total. The van der Waals surface area contributed by atoms with Crippen molar-refractivity contribution in [2.45, 2.75) is 31.7 Å². The molecule has 7 heteroatoms. The molecule has 2 aliphatic rings. The second-order valence-electron chi connectivity index (χ2n) is 7.05. The molecule has 0 atom stereocenters. The second-order valence-corrected chi connectivity index (χ2v) is 7.05. The monoisotopic (exact) mass is 472 g/mol. The highest BCUT2D eigenvalue weighted by molar-refractivity contribution is 14.0. The zero-order chi connectivity index (χ0) is 17.5. The molecule has 146 valence electrons. The van der Waals surface area contributed by atoms with Crippen LogP contribution in [-0.2, 0) is 0 Å². The zero-order valence-electron chi connectivity index (χ0n) is 16.1. The van der Waals surface area contributed by atoms with Crippen LogP contribution >= 0.6 is 24.0 Å². The summed E-state index contributed by atoms with van der Waals surface area (Å²) in [7, 11) is 4.14. The number of aliphatic imine (C=N–C) groups is 1. The zero-order valence-corrected chi connectivity index (χ0v) is 18.4. The van der Waals surface area contributed by atoms with Gasteiger partial charge in [-0.2, -0.15) is 0 Å². The number of halogens is 1. The van der Waals surface area contributed by atoms with E-state index in [1.54, 1.807) is 0 Å². The van der Waals surface area contributed by atoms with Crippen LogP contribution in [0.15, 0.2) is 29.4 Å². The molecule has 1 aliphatic carbocycles. The maximum absolute atomic E-state index is 4.48. The number of pyridine rings is 1. The molecule has 1 aromatic heterocycles. The topological polar surface area (TPSA) is 47.0 Å². The number of likely N-dealkylation sites (N-methyl/N-ethyl adjacent to an activating group) is 1. The Bertz CT molecular complexity index is 538. The molecule has 0 unspecified atom stereocenters. The summed E-state index contributed by atoms with van der Waals surface area (Å²) in [6, 6.07) is 6.89. The maximum Gasteiger partial charge on any atom is 0.193 e. The SMILES string of the molecule is CN=C(NCCN(C)C1CCCC1)N1CCN(c2ccccn2)CC1.I. The molecule has 0 bridgehead atoms. The van der Waals surface area contributed by atoms with Crippen molar-refractivity contribution in [1.82, 2.24) is 20.1 Å². The minimum Gasteiger partial charge on any atom is -0.355 e. The van der Waals surface area contributed by atoms with Crippen molar-refractivity contribution >= 4 is 35.8 Å². The summed E-state index contributed by atoms with van der Waals surface area (Å²) in [6.45, 7) is 5.97. The van der Waals surface area contributed by atoms with Crippen molar-refractivity contribution in [1.29, 1.82) is 0 Å². The lowest BCUT2D eigenvalue weighted by molar-refractivity contribution is 0.248. The van der Waals surface area contributed by atoms with Crippen LogP contribution in [0.3, 0.4) is 0 Å². The van der Waals surface area contributed by atoms with Crippen LogP contribution in [0.5, 0.6) is 0 Å². The minimum absolute atomic E-state index is 0. The van der Waals surface area contributed by atoms with Crippen LogP contribution in [0.1, 0.15) is 25.7 Å². The predicted molar refractivity (Wildman–Crippen MR) is 120 cm³/mol. The summed E-state index contributed by atoms with van der Waals surface area (Å²) in [4.78, 5) is 16.1. The van der Waals surface area contributed by atoms with Gasteiger partial charge in [-0.15, -0.1) is 24.0 Å². The van der Waals surface area contributed by atoms with Gasteiger partial charge in [-0.05, 0) is 32.0 Å². The van der Waals surface area contributed by atoms with Crippen LogP contribution in [0.4, 0.5) is 5.82 Å². The van der Waals surface area contributed by atoms with Crippen molar-refractivity contribution in [3.05, 3.63) is 24.4 Å². The van der Waals surface area contributed by atoms with E-state index < -0.39 is 0 Å². The van der Waals surface area contributed by atoms with Gasteiger partial charge < -0.3 is 20.0 Å². The molecule has 1 aromatic rings.